The minimum atomic E-state index is -0.438. The fourth-order valence-corrected chi connectivity index (χ4v) is 3.42. The molecule has 0 saturated heterocycles. The predicted octanol–water partition coefficient (Wildman–Crippen LogP) is 3.66. The third-order valence-corrected chi connectivity index (χ3v) is 4.80. The van der Waals surface area contributed by atoms with Crippen molar-refractivity contribution in [3.8, 4) is 17.1 Å². The first-order chi connectivity index (χ1) is 14.0. The molecule has 29 heavy (non-hydrogen) atoms. The largest absolute Gasteiger partial charge is 0.270 e. The van der Waals surface area contributed by atoms with Crippen LogP contribution in [0.3, 0.4) is 0 Å². The molecule has 9 nitrogen and oxygen atoms in total. The number of rotatable bonds is 3. The monoisotopic (exact) mass is 385 g/mol. The summed E-state index contributed by atoms with van der Waals surface area (Å²) in [6.45, 7) is 4.08. The number of nitro groups is 1. The van der Waals surface area contributed by atoms with Crippen LogP contribution in [0.2, 0.25) is 0 Å². The molecular formula is C20H15N7O2. The molecule has 0 saturated carbocycles. The minimum Gasteiger partial charge on any atom is -0.258 e. The Hall–Kier alpha value is -4.14. The van der Waals surface area contributed by atoms with E-state index in [0.717, 1.165) is 16.6 Å². The third-order valence-electron chi connectivity index (χ3n) is 4.80. The first-order valence-electron chi connectivity index (χ1n) is 8.93. The molecule has 0 N–H and O–H groups in total. The predicted molar refractivity (Wildman–Crippen MR) is 107 cm³/mol. The van der Waals surface area contributed by atoms with Crippen molar-refractivity contribution in [2.45, 2.75) is 13.8 Å². The van der Waals surface area contributed by atoms with Gasteiger partial charge in [0.05, 0.1) is 22.2 Å². The SMILES string of the molecule is Cc1ccc(-n2ncc3c2ncn2nc(-c4cccc([N+](=O)[O-])c4)nc32)c(C)c1. The number of hydrogen-bond acceptors (Lipinski definition) is 6. The molecule has 0 radical (unpaired) electrons. The van der Waals surface area contributed by atoms with Crippen molar-refractivity contribution < 1.29 is 4.92 Å². The van der Waals surface area contributed by atoms with Gasteiger partial charge >= 0.3 is 0 Å². The lowest BCUT2D eigenvalue weighted by atomic mass is 10.1. The normalized spacial score (nSPS) is 11.4. The van der Waals surface area contributed by atoms with Gasteiger partial charge in [-0.2, -0.15) is 5.10 Å². The second-order valence-electron chi connectivity index (χ2n) is 6.84. The van der Waals surface area contributed by atoms with Crippen LogP contribution in [0.4, 0.5) is 5.69 Å². The summed E-state index contributed by atoms with van der Waals surface area (Å²) in [7, 11) is 0. The highest BCUT2D eigenvalue weighted by atomic mass is 16.6. The quantitative estimate of drug-likeness (QED) is 0.347. The zero-order chi connectivity index (χ0) is 20.1. The molecule has 0 aliphatic rings. The van der Waals surface area contributed by atoms with Crippen molar-refractivity contribution in [1.82, 2.24) is 29.4 Å². The van der Waals surface area contributed by atoms with Crippen LogP contribution in [0.15, 0.2) is 55.0 Å². The standard InChI is InChI=1S/C20H15N7O2/c1-12-6-7-17(13(2)8-12)26-19-16(10-22-26)20-23-18(24-25(20)11-21-19)14-4-3-5-15(9-14)27(28)29/h3-11H,1-2H3. The number of benzene rings is 2. The van der Waals surface area contributed by atoms with Crippen molar-refractivity contribution in [3.63, 3.8) is 0 Å². The lowest BCUT2D eigenvalue weighted by molar-refractivity contribution is -0.384. The van der Waals surface area contributed by atoms with Gasteiger partial charge in [0, 0.05) is 17.7 Å². The Morgan fingerprint density at radius 3 is 2.72 bits per heavy atom. The maximum absolute atomic E-state index is 11.1. The van der Waals surface area contributed by atoms with Crippen LogP contribution in [0.5, 0.6) is 0 Å². The molecule has 0 spiro atoms. The Kier molecular flexibility index (Phi) is 3.63. The van der Waals surface area contributed by atoms with Crippen molar-refractivity contribution in [2.24, 2.45) is 0 Å². The maximum atomic E-state index is 11.1. The van der Waals surface area contributed by atoms with Gasteiger partial charge in [-0.1, -0.05) is 29.8 Å². The highest BCUT2D eigenvalue weighted by Crippen LogP contribution is 2.25. The van der Waals surface area contributed by atoms with Gasteiger partial charge in [-0.3, -0.25) is 10.1 Å². The highest BCUT2D eigenvalue weighted by molar-refractivity contribution is 5.90. The fourth-order valence-electron chi connectivity index (χ4n) is 3.42. The molecule has 9 heteroatoms. The fraction of sp³-hybridized carbons (Fsp3) is 0.100. The maximum Gasteiger partial charge on any atom is 0.270 e. The lowest BCUT2D eigenvalue weighted by Crippen LogP contribution is -2.01. The van der Waals surface area contributed by atoms with E-state index in [9.17, 15) is 10.1 Å². The first-order valence-corrected chi connectivity index (χ1v) is 8.93. The number of nitro benzene ring substituents is 1. The van der Waals surface area contributed by atoms with Crippen molar-refractivity contribution in [1.29, 1.82) is 0 Å². The van der Waals surface area contributed by atoms with E-state index in [4.69, 9.17) is 0 Å². The van der Waals surface area contributed by atoms with E-state index in [2.05, 4.69) is 26.2 Å². The van der Waals surface area contributed by atoms with Crippen LogP contribution in [0, 0.1) is 24.0 Å². The van der Waals surface area contributed by atoms with Crippen LogP contribution < -0.4 is 0 Å². The summed E-state index contributed by atoms with van der Waals surface area (Å²) in [5.74, 6) is 0.391. The van der Waals surface area contributed by atoms with Crippen LogP contribution >= 0.6 is 0 Å². The molecule has 0 aliphatic heterocycles. The zero-order valence-electron chi connectivity index (χ0n) is 15.6. The second-order valence-corrected chi connectivity index (χ2v) is 6.84. The summed E-state index contributed by atoms with van der Waals surface area (Å²) in [4.78, 5) is 19.7. The van der Waals surface area contributed by atoms with Gasteiger partial charge in [-0.15, -0.1) is 5.10 Å². The molecule has 0 unspecified atom stereocenters. The lowest BCUT2D eigenvalue weighted by Gasteiger charge is -2.07. The Morgan fingerprint density at radius 2 is 1.93 bits per heavy atom. The van der Waals surface area contributed by atoms with Crippen LogP contribution in [-0.4, -0.2) is 34.3 Å². The van der Waals surface area contributed by atoms with Crippen LogP contribution in [0.25, 0.3) is 33.8 Å². The summed E-state index contributed by atoms with van der Waals surface area (Å²) >= 11 is 0. The summed E-state index contributed by atoms with van der Waals surface area (Å²) in [6.07, 6.45) is 3.29. The summed E-state index contributed by atoms with van der Waals surface area (Å²) < 4.78 is 3.34. The first kappa shape index (κ1) is 17.0. The number of hydrogen-bond donors (Lipinski definition) is 0. The van der Waals surface area contributed by atoms with E-state index < -0.39 is 4.92 Å². The topological polar surface area (TPSA) is 104 Å². The summed E-state index contributed by atoms with van der Waals surface area (Å²) in [6, 6.07) is 12.4. The van der Waals surface area contributed by atoms with Gasteiger partial charge in [-0.25, -0.2) is 19.2 Å². The van der Waals surface area contributed by atoms with E-state index in [1.54, 1.807) is 33.9 Å². The van der Waals surface area contributed by atoms with Gasteiger partial charge in [0.15, 0.2) is 17.1 Å². The molecule has 5 rings (SSSR count). The van der Waals surface area contributed by atoms with E-state index in [1.165, 1.54) is 17.7 Å². The van der Waals surface area contributed by atoms with Gasteiger partial charge in [0.2, 0.25) is 0 Å². The molecule has 3 heterocycles. The number of nitrogens with zero attached hydrogens (tertiary/aromatic N) is 7. The number of fused-ring (bicyclic) bond motifs is 3. The number of aromatic nitrogens is 6. The van der Waals surface area contributed by atoms with Crippen LogP contribution in [0.1, 0.15) is 11.1 Å². The Bertz CT molecular complexity index is 1420. The number of non-ortho nitro benzene ring substituents is 1. The average Bonchev–Trinajstić information content (AvgIpc) is 3.32. The van der Waals surface area contributed by atoms with Crippen LogP contribution in [-0.2, 0) is 0 Å². The molecule has 5 aromatic rings. The molecule has 0 amide bonds. The van der Waals surface area contributed by atoms with E-state index in [0.29, 0.717) is 22.7 Å². The highest BCUT2D eigenvalue weighted by Gasteiger charge is 2.16. The average molecular weight is 385 g/mol. The molecule has 142 valence electrons. The molecule has 3 aromatic heterocycles. The minimum absolute atomic E-state index is 0.00714. The van der Waals surface area contributed by atoms with E-state index >= 15 is 0 Å². The van der Waals surface area contributed by atoms with Gasteiger partial charge in [-0.05, 0) is 25.5 Å². The molecular weight excluding hydrogens is 370 g/mol. The van der Waals surface area contributed by atoms with E-state index in [-0.39, 0.29) is 5.69 Å². The molecule has 2 aromatic carbocycles. The Morgan fingerprint density at radius 1 is 1.07 bits per heavy atom. The smallest absolute Gasteiger partial charge is 0.258 e. The molecule has 0 fully saturated rings. The number of aryl methyl sites for hydroxylation is 2. The van der Waals surface area contributed by atoms with Crippen molar-refractivity contribution in [2.75, 3.05) is 0 Å². The molecule has 0 bridgehead atoms. The molecule has 0 aliphatic carbocycles. The summed E-state index contributed by atoms with van der Waals surface area (Å²) in [5, 5.41) is 20.7. The van der Waals surface area contributed by atoms with Gasteiger partial charge < -0.3 is 0 Å². The van der Waals surface area contributed by atoms with Crippen molar-refractivity contribution >= 4 is 22.4 Å². The second kappa shape index (κ2) is 6.20. The zero-order valence-corrected chi connectivity index (χ0v) is 15.6. The Labute approximate surface area is 164 Å². The molecule has 0 atom stereocenters. The van der Waals surface area contributed by atoms with Gasteiger partial charge in [0.25, 0.3) is 5.69 Å². The van der Waals surface area contributed by atoms with E-state index in [1.807, 2.05) is 26.0 Å². The van der Waals surface area contributed by atoms with Crippen molar-refractivity contribution in [3.05, 3.63) is 76.2 Å². The third kappa shape index (κ3) is 2.71. The Balaban J connectivity index is 1.68. The van der Waals surface area contributed by atoms with Gasteiger partial charge in [0.1, 0.15) is 6.33 Å². The summed E-state index contributed by atoms with van der Waals surface area (Å²) in [5.41, 5.74) is 5.04.